The van der Waals surface area contributed by atoms with Crippen LogP contribution >= 0.6 is 0 Å². The van der Waals surface area contributed by atoms with Crippen molar-refractivity contribution in [1.82, 2.24) is 9.88 Å². The van der Waals surface area contributed by atoms with Crippen LogP contribution in [0.5, 0.6) is 11.5 Å². The van der Waals surface area contributed by atoms with Gasteiger partial charge in [-0.1, -0.05) is 18.2 Å². The number of anilines is 1. The zero-order valence-corrected chi connectivity index (χ0v) is 19.0. The first-order valence-corrected chi connectivity index (χ1v) is 11.2. The van der Waals surface area contributed by atoms with E-state index in [4.69, 9.17) is 9.40 Å². The third-order valence-electron chi connectivity index (χ3n) is 6.54. The normalized spacial score (nSPS) is 14.2. The minimum Gasteiger partial charge on any atom is -0.508 e. The van der Waals surface area contributed by atoms with Crippen molar-refractivity contribution in [2.24, 2.45) is 0 Å². The molecule has 8 heteroatoms. The Hall–Kier alpha value is -4.07. The third-order valence-corrected chi connectivity index (χ3v) is 6.54. The number of phenolic OH excluding ortho intramolecular Hbond substituents is 2. The number of hydrogen-bond donors (Lipinski definition) is 2. The summed E-state index contributed by atoms with van der Waals surface area (Å²) in [5, 5.41) is 21.3. The van der Waals surface area contributed by atoms with Gasteiger partial charge in [-0.05, 0) is 37.1 Å². The van der Waals surface area contributed by atoms with Crippen LogP contribution in [0.1, 0.15) is 16.7 Å². The van der Waals surface area contributed by atoms with E-state index < -0.39 is 5.63 Å². The number of piperazine rings is 1. The molecular weight excluding hydrogens is 434 g/mol. The Morgan fingerprint density at radius 1 is 1.06 bits per heavy atom. The summed E-state index contributed by atoms with van der Waals surface area (Å²) in [7, 11) is 0. The highest BCUT2D eigenvalue weighted by molar-refractivity contribution is 5.90. The summed E-state index contributed by atoms with van der Waals surface area (Å²) in [4.78, 5) is 34.3. The van der Waals surface area contributed by atoms with Crippen molar-refractivity contribution in [3.05, 3.63) is 69.6 Å². The summed E-state index contributed by atoms with van der Waals surface area (Å²) in [6.07, 6.45) is -0.113. The minimum absolute atomic E-state index is 0.0861. The molecule has 0 saturated carbocycles. The number of phenols is 2. The van der Waals surface area contributed by atoms with Crippen LogP contribution in [0.3, 0.4) is 0 Å². The van der Waals surface area contributed by atoms with Crippen LogP contribution < -0.4 is 10.5 Å². The first-order valence-electron chi connectivity index (χ1n) is 11.2. The number of hydrogen-bond acceptors (Lipinski definition) is 7. The van der Waals surface area contributed by atoms with E-state index in [0.29, 0.717) is 37.1 Å². The molecule has 0 unspecified atom stereocenters. The Labute approximate surface area is 195 Å². The van der Waals surface area contributed by atoms with Crippen LogP contribution in [0.2, 0.25) is 0 Å². The fraction of sp³-hybridized carbons (Fsp3) is 0.269. The van der Waals surface area contributed by atoms with Crippen molar-refractivity contribution in [1.29, 1.82) is 0 Å². The molecule has 174 valence electrons. The molecule has 1 saturated heterocycles. The number of rotatable bonds is 3. The molecule has 0 spiro atoms. The topological polar surface area (TPSA) is 107 Å². The van der Waals surface area contributed by atoms with Gasteiger partial charge < -0.3 is 24.4 Å². The minimum atomic E-state index is -0.641. The van der Waals surface area contributed by atoms with E-state index in [1.807, 2.05) is 18.2 Å². The first kappa shape index (κ1) is 21.8. The standard InChI is InChI=1S/C26H25N3O5/c1-15-11-23(27-20-6-4-3-5-18(15)20)28-7-9-29(10-8-28)24(32)14-19-16(2)25-21(31)12-17(30)13-22(25)34-26(19)33/h3-6,11-13,30-31H,7-10,14H2,1-2H3. The van der Waals surface area contributed by atoms with Gasteiger partial charge in [-0.2, -0.15) is 0 Å². The smallest absolute Gasteiger partial charge is 0.340 e. The lowest BCUT2D eigenvalue weighted by molar-refractivity contribution is -0.130. The van der Waals surface area contributed by atoms with Gasteiger partial charge in [-0.25, -0.2) is 9.78 Å². The fourth-order valence-electron chi connectivity index (χ4n) is 4.66. The number of aromatic nitrogens is 1. The van der Waals surface area contributed by atoms with E-state index in [1.165, 1.54) is 12.1 Å². The number of aryl methyl sites for hydroxylation is 2. The van der Waals surface area contributed by atoms with Crippen molar-refractivity contribution in [2.45, 2.75) is 20.3 Å². The van der Waals surface area contributed by atoms with Crippen molar-refractivity contribution >= 4 is 33.6 Å². The van der Waals surface area contributed by atoms with Gasteiger partial charge in [0.05, 0.1) is 22.9 Å². The monoisotopic (exact) mass is 459 g/mol. The summed E-state index contributed by atoms with van der Waals surface area (Å²) < 4.78 is 5.28. The van der Waals surface area contributed by atoms with Crippen LogP contribution in [-0.2, 0) is 11.2 Å². The van der Waals surface area contributed by atoms with E-state index in [9.17, 15) is 19.8 Å². The molecule has 2 N–H and O–H groups in total. The zero-order chi connectivity index (χ0) is 24.0. The maximum absolute atomic E-state index is 13.0. The van der Waals surface area contributed by atoms with Crippen molar-refractivity contribution in [3.63, 3.8) is 0 Å². The van der Waals surface area contributed by atoms with Gasteiger partial charge >= 0.3 is 5.63 Å². The molecule has 34 heavy (non-hydrogen) atoms. The van der Waals surface area contributed by atoms with E-state index >= 15 is 0 Å². The van der Waals surface area contributed by atoms with Crippen molar-refractivity contribution in [2.75, 3.05) is 31.1 Å². The lowest BCUT2D eigenvalue weighted by atomic mass is 10.0. The lowest BCUT2D eigenvalue weighted by Crippen LogP contribution is -2.49. The average molecular weight is 460 g/mol. The Morgan fingerprint density at radius 3 is 2.56 bits per heavy atom. The van der Waals surface area contributed by atoms with Gasteiger partial charge in [-0.15, -0.1) is 0 Å². The van der Waals surface area contributed by atoms with Crippen LogP contribution in [0, 0.1) is 13.8 Å². The van der Waals surface area contributed by atoms with Crippen LogP contribution in [0.15, 0.2) is 51.7 Å². The zero-order valence-electron chi connectivity index (χ0n) is 19.0. The SMILES string of the molecule is Cc1cc(N2CCN(C(=O)Cc3c(C)c4c(O)cc(O)cc4oc3=O)CC2)nc2ccccc12. The Kier molecular flexibility index (Phi) is 5.36. The van der Waals surface area contributed by atoms with Crippen molar-refractivity contribution < 1.29 is 19.4 Å². The summed E-state index contributed by atoms with van der Waals surface area (Å²) in [6, 6.07) is 12.6. The molecule has 0 bridgehead atoms. The number of nitrogens with zero attached hydrogens (tertiary/aromatic N) is 3. The highest BCUT2D eigenvalue weighted by Crippen LogP contribution is 2.32. The largest absolute Gasteiger partial charge is 0.508 e. The summed E-state index contributed by atoms with van der Waals surface area (Å²) in [5.41, 5.74) is 2.25. The molecule has 4 aromatic rings. The molecular formula is C26H25N3O5. The highest BCUT2D eigenvalue weighted by atomic mass is 16.4. The molecule has 3 heterocycles. The number of carbonyl (C=O) groups is 1. The second-order valence-corrected chi connectivity index (χ2v) is 8.69. The van der Waals surface area contributed by atoms with Crippen LogP contribution in [0.4, 0.5) is 5.82 Å². The summed E-state index contributed by atoms with van der Waals surface area (Å²) >= 11 is 0. The highest BCUT2D eigenvalue weighted by Gasteiger charge is 2.25. The average Bonchev–Trinajstić information content (AvgIpc) is 2.81. The number of fused-ring (bicyclic) bond motifs is 2. The number of benzene rings is 2. The Balaban J connectivity index is 1.32. The molecule has 0 radical (unpaired) electrons. The van der Waals surface area contributed by atoms with E-state index in [0.717, 1.165) is 22.3 Å². The molecule has 5 rings (SSSR count). The number of amides is 1. The number of aromatic hydroxyl groups is 2. The Morgan fingerprint density at radius 2 is 1.79 bits per heavy atom. The Bertz CT molecular complexity index is 1490. The number of carbonyl (C=O) groups excluding carboxylic acids is 1. The molecule has 8 nitrogen and oxygen atoms in total. The van der Waals surface area contributed by atoms with Crippen molar-refractivity contribution in [3.8, 4) is 11.5 Å². The molecule has 0 aliphatic carbocycles. The predicted octanol–water partition coefficient (Wildman–Crippen LogP) is 3.26. The fourth-order valence-corrected chi connectivity index (χ4v) is 4.66. The number of pyridine rings is 1. The predicted molar refractivity (Wildman–Crippen MR) is 130 cm³/mol. The molecule has 1 fully saturated rings. The van der Waals surface area contributed by atoms with E-state index in [-0.39, 0.29) is 35.0 Å². The molecule has 1 aliphatic rings. The molecule has 0 atom stereocenters. The lowest BCUT2D eigenvalue weighted by Gasteiger charge is -2.35. The molecule has 1 amide bonds. The summed E-state index contributed by atoms with van der Waals surface area (Å²) in [6.45, 7) is 6.06. The van der Waals surface area contributed by atoms with Gasteiger partial charge in [0.2, 0.25) is 5.91 Å². The van der Waals surface area contributed by atoms with Gasteiger partial charge in [0.1, 0.15) is 22.9 Å². The second kappa shape index (κ2) is 8.37. The van der Waals surface area contributed by atoms with E-state index in [1.54, 1.807) is 11.8 Å². The number of para-hydroxylation sites is 1. The van der Waals surface area contributed by atoms with E-state index in [2.05, 4.69) is 24.0 Å². The van der Waals surface area contributed by atoms with Gasteiger partial charge in [0.25, 0.3) is 0 Å². The third kappa shape index (κ3) is 3.81. The molecule has 2 aromatic heterocycles. The second-order valence-electron chi connectivity index (χ2n) is 8.69. The van der Waals surface area contributed by atoms with Gasteiger partial charge in [0, 0.05) is 43.7 Å². The van der Waals surface area contributed by atoms with Gasteiger partial charge in [-0.3, -0.25) is 4.79 Å². The summed E-state index contributed by atoms with van der Waals surface area (Å²) in [5.74, 6) is 0.324. The maximum atomic E-state index is 13.0. The quantitative estimate of drug-likeness (QED) is 0.453. The van der Waals surface area contributed by atoms with Crippen LogP contribution in [-0.4, -0.2) is 52.2 Å². The molecule has 2 aromatic carbocycles. The van der Waals surface area contributed by atoms with Gasteiger partial charge in [0.15, 0.2) is 0 Å². The molecule has 1 aliphatic heterocycles. The first-order chi connectivity index (χ1) is 16.3. The van der Waals surface area contributed by atoms with Crippen LogP contribution in [0.25, 0.3) is 21.9 Å². The maximum Gasteiger partial charge on any atom is 0.340 e.